The molecule has 2 N–H and O–H groups in total. The van der Waals surface area contributed by atoms with Crippen LogP contribution >= 0.6 is 23.2 Å². The number of phenolic OH excluding ortho intramolecular Hbond substituents is 1. The van der Waals surface area contributed by atoms with Gasteiger partial charge in [0.2, 0.25) is 0 Å². The normalized spacial score (nSPS) is 10.7. The number of amides is 1. The maximum atomic E-state index is 11.7. The van der Waals surface area contributed by atoms with Gasteiger partial charge in [0.05, 0.1) is 6.21 Å². The molecule has 0 atom stereocenters. The molecule has 2 rings (SSSR count). The van der Waals surface area contributed by atoms with E-state index in [9.17, 15) is 4.79 Å². The Morgan fingerprint density at radius 2 is 1.85 bits per heavy atom. The number of rotatable bonds is 3. The summed E-state index contributed by atoms with van der Waals surface area (Å²) in [7, 11) is 0. The van der Waals surface area contributed by atoms with Crippen molar-refractivity contribution in [2.24, 2.45) is 5.10 Å². The van der Waals surface area contributed by atoms with Crippen molar-refractivity contribution >= 4 is 35.3 Å². The number of hydrazone groups is 1. The minimum absolute atomic E-state index is 0.0933. The summed E-state index contributed by atoms with van der Waals surface area (Å²) < 4.78 is 0. The standard InChI is InChI=1S/C14H10Cl2N2O2/c15-11-3-6-13(16)10(7-11)8-17-18-14(20)9-1-4-12(19)5-2-9/h1-8,19H,(H,18,20)/b17-8+. The van der Waals surface area contributed by atoms with Crippen LogP contribution in [0.25, 0.3) is 0 Å². The topological polar surface area (TPSA) is 61.7 Å². The van der Waals surface area contributed by atoms with E-state index in [1.54, 1.807) is 18.2 Å². The molecule has 0 aromatic heterocycles. The fourth-order valence-electron chi connectivity index (χ4n) is 1.45. The molecule has 1 amide bonds. The van der Waals surface area contributed by atoms with Gasteiger partial charge in [-0.3, -0.25) is 4.79 Å². The number of benzene rings is 2. The summed E-state index contributed by atoms with van der Waals surface area (Å²) in [6.45, 7) is 0. The van der Waals surface area contributed by atoms with E-state index in [4.69, 9.17) is 28.3 Å². The molecule has 0 radical (unpaired) electrons. The van der Waals surface area contributed by atoms with E-state index < -0.39 is 0 Å². The summed E-state index contributed by atoms with van der Waals surface area (Å²) in [5.74, 6) is -0.296. The number of phenols is 1. The van der Waals surface area contributed by atoms with Gasteiger partial charge in [0.15, 0.2) is 0 Å². The molecule has 20 heavy (non-hydrogen) atoms. The SMILES string of the molecule is O=C(N/N=C/c1cc(Cl)ccc1Cl)c1ccc(O)cc1. The van der Waals surface area contributed by atoms with Crippen LogP contribution in [0.2, 0.25) is 10.0 Å². The first-order valence-corrected chi connectivity index (χ1v) is 6.39. The Labute approximate surface area is 125 Å². The van der Waals surface area contributed by atoms with Gasteiger partial charge in [0.1, 0.15) is 5.75 Å². The van der Waals surface area contributed by atoms with Crippen LogP contribution in [0.3, 0.4) is 0 Å². The molecule has 0 aliphatic rings. The van der Waals surface area contributed by atoms with E-state index in [1.165, 1.54) is 30.5 Å². The van der Waals surface area contributed by atoms with Crippen molar-refractivity contribution in [3.8, 4) is 5.75 Å². The molecule has 102 valence electrons. The number of carbonyl (C=O) groups is 1. The van der Waals surface area contributed by atoms with Gasteiger partial charge in [0, 0.05) is 21.2 Å². The zero-order chi connectivity index (χ0) is 14.5. The molecule has 0 aliphatic carbocycles. The first kappa shape index (κ1) is 14.4. The quantitative estimate of drug-likeness (QED) is 0.674. The molecule has 0 saturated heterocycles. The highest BCUT2D eigenvalue weighted by Crippen LogP contribution is 2.18. The van der Waals surface area contributed by atoms with Crippen molar-refractivity contribution in [2.75, 3.05) is 0 Å². The number of aromatic hydroxyl groups is 1. The van der Waals surface area contributed by atoms with Crippen molar-refractivity contribution in [1.29, 1.82) is 0 Å². The first-order valence-electron chi connectivity index (χ1n) is 5.64. The second-order valence-corrected chi connectivity index (χ2v) is 4.76. The predicted octanol–water partition coefficient (Wildman–Crippen LogP) is 3.46. The van der Waals surface area contributed by atoms with Crippen molar-refractivity contribution in [2.45, 2.75) is 0 Å². The molecule has 6 heteroatoms. The first-order chi connectivity index (χ1) is 9.56. The summed E-state index contributed by atoms with van der Waals surface area (Å²) in [6, 6.07) is 10.8. The molecular formula is C14H10Cl2N2O2. The van der Waals surface area contributed by atoms with E-state index >= 15 is 0 Å². The molecule has 2 aromatic rings. The molecule has 0 unspecified atom stereocenters. The monoisotopic (exact) mass is 308 g/mol. The number of hydrogen-bond donors (Lipinski definition) is 2. The van der Waals surface area contributed by atoms with Crippen LogP contribution in [0.1, 0.15) is 15.9 Å². The smallest absolute Gasteiger partial charge is 0.271 e. The zero-order valence-electron chi connectivity index (χ0n) is 10.2. The third kappa shape index (κ3) is 3.73. The summed E-state index contributed by atoms with van der Waals surface area (Å²) in [5.41, 5.74) is 3.35. The van der Waals surface area contributed by atoms with Crippen LogP contribution in [0.5, 0.6) is 5.75 Å². The van der Waals surface area contributed by atoms with Gasteiger partial charge in [-0.05, 0) is 42.5 Å². The van der Waals surface area contributed by atoms with Gasteiger partial charge in [-0.15, -0.1) is 0 Å². The Morgan fingerprint density at radius 1 is 1.15 bits per heavy atom. The van der Waals surface area contributed by atoms with E-state index in [0.717, 1.165) is 0 Å². The molecule has 0 spiro atoms. The average Bonchev–Trinajstić information content (AvgIpc) is 2.43. The Hall–Kier alpha value is -2.04. The van der Waals surface area contributed by atoms with E-state index in [1.807, 2.05) is 0 Å². The lowest BCUT2D eigenvalue weighted by atomic mass is 10.2. The van der Waals surface area contributed by atoms with Crippen molar-refractivity contribution < 1.29 is 9.90 Å². The van der Waals surface area contributed by atoms with Gasteiger partial charge >= 0.3 is 0 Å². The number of carbonyl (C=O) groups excluding carboxylic acids is 1. The maximum Gasteiger partial charge on any atom is 0.271 e. The fraction of sp³-hybridized carbons (Fsp3) is 0. The van der Waals surface area contributed by atoms with E-state index in [0.29, 0.717) is 21.2 Å². The fourth-order valence-corrected chi connectivity index (χ4v) is 1.80. The molecule has 0 heterocycles. The molecule has 4 nitrogen and oxygen atoms in total. The third-order valence-corrected chi connectivity index (χ3v) is 3.04. The highest BCUT2D eigenvalue weighted by Gasteiger charge is 2.03. The second-order valence-electron chi connectivity index (χ2n) is 3.91. The van der Waals surface area contributed by atoms with E-state index in [2.05, 4.69) is 10.5 Å². The molecule has 0 fully saturated rings. The van der Waals surface area contributed by atoms with Gasteiger partial charge in [-0.2, -0.15) is 5.10 Å². The maximum absolute atomic E-state index is 11.7. The van der Waals surface area contributed by atoms with Crippen molar-refractivity contribution in [3.05, 3.63) is 63.6 Å². The van der Waals surface area contributed by atoms with Crippen LogP contribution < -0.4 is 5.43 Å². The third-order valence-electron chi connectivity index (χ3n) is 2.46. The van der Waals surface area contributed by atoms with Crippen LogP contribution in [-0.2, 0) is 0 Å². The van der Waals surface area contributed by atoms with Crippen LogP contribution in [0, 0.1) is 0 Å². The Kier molecular flexibility index (Phi) is 4.61. The summed E-state index contributed by atoms with van der Waals surface area (Å²) >= 11 is 11.8. The second kappa shape index (κ2) is 6.41. The van der Waals surface area contributed by atoms with Gasteiger partial charge < -0.3 is 5.11 Å². The van der Waals surface area contributed by atoms with Crippen molar-refractivity contribution in [1.82, 2.24) is 5.43 Å². The van der Waals surface area contributed by atoms with Gasteiger partial charge in [-0.1, -0.05) is 23.2 Å². The summed E-state index contributed by atoms with van der Waals surface area (Å²) in [4.78, 5) is 11.7. The Balaban J connectivity index is 2.04. The Bertz CT molecular complexity index is 655. The van der Waals surface area contributed by atoms with Gasteiger partial charge in [-0.25, -0.2) is 5.43 Å². The van der Waals surface area contributed by atoms with Crippen LogP contribution in [0.15, 0.2) is 47.6 Å². The minimum atomic E-state index is -0.389. The van der Waals surface area contributed by atoms with Crippen molar-refractivity contribution in [3.63, 3.8) is 0 Å². The number of hydrogen-bond acceptors (Lipinski definition) is 3. The Morgan fingerprint density at radius 3 is 2.55 bits per heavy atom. The molecule has 0 aliphatic heterocycles. The number of nitrogens with one attached hydrogen (secondary N) is 1. The average molecular weight is 309 g/mol. The predicted molar refractivity (Wildman–Crippen MR) is 79.6 cm³/mol. The summed E-state index contributed by atoms with van der Waals surface area (Å²) in [5, 5.41) is 14.0. The van der Waals surface area contributed by atoms with Crippen LogP contribution in [0.4, 0.5) is 0 Å². The number of halogens is 2. The van der Waals surface area contributed by atoms with E-state index in [-0.39, 0.29) is 11.7 Å². The molecule has 0 saturated carbocycles. The highest BCUT2D eigenvalue weighted by atomic mass is 35.5. The molecule has 2 aromatic carbocycles. The minimum Gasteiger partial charge on any atom is -0.508 e. The summed E-state index contributed by atoms with van der Waals surface area (Å²) in [6.07, 6.45) is 1.41. The van der Waals surface area contributed by atoms with Crippen LogP contribution in [-0.4, -0.2) is 17.2 Å². The van der Waals surface area contributed by atoms with Gasteiger partial charge in [0.25, 0.3) is 5.91 Å². The zero-order valence-corrected chi connectivity index (χ0v) is 11.7. The highest BCUT2D eigenvalue weighted by molar-refractivity contribution is 6.35. The lowest BCUT2D eigenvalue weighted by Gasteiger charge is -2.01. The lowest BCUT2D eigenvalue weighted by molar-refractivity contribution is 0.0955. The largest absolute Gasteiger partial charge is 0.508 e. The lowest BCUT2D eigenvalue weighted by Crippen LogP contribution is -2.17. The molecule has 0 bridgehead atoms. The number of nitrogens with zero attached hydrogens (tertiary/aromatic N) is 1. The molecular weight excluding hydrogens is 299 g/mol.